The van der Waals surface area contributed by atoms with Crippen molar-refractivity contribution in [3.8, 4) is 0 Å². The molecule has 5 heteroatoms. The smallest absolute Gasteiger partial charge is 0.307 e. The number of allylic oxidation sites excluding steroid dienone is 2. The maximum absolute atomic E-state index is 12.6. The van der Waals surface area contributed by atoms with E-state index < -0.39 is 0 Å². The summed E-state index contributed by atoms with van der Waals surface area (Å²) in [6, 6.07) is 7.30. The third-order valence-corrected chi connectivity index (χ3v) is 3.66. The molecule has 1 aromatic carbocycles. The highest BCUT2D eigenvalue weighted by molar-refractivity contribution is 5.80. The highest BCUT2D eigenvalue weighted by Gasteiger charge is 2.21. The van der Waals surface area contributed by atoms with Gasteiger partial charge in [-0.1, -0.05) is 12.1 Å². The van der Waals surface area contributed by atoms with Gasteiger partial charge in [-0.25, -0.2) is 4.98 Å². The van der Waals surface area contributed by atoms with E-state index >= 15 is 0 Å². The molecule has 3 rings (SSSR count). The van der Waals surface area contributed by atoms with E-state index in [2.05, 4.69) is 4.98 Å². The van der Waals surface area contributed by atoms with Crippen LogP contribution in [0.1, 0.15) is 32.5 Å². The first-order valence-electron chi connectivity index (χ1n) is 6.96. The summed E-state index contributed by atoms with van der Waals surface area (Å²) in [6.45, 7) is 3.75. The second kappa shape index (κ2) is 5.16. The number of rotatable bonds is 1. The van der Waals surface area contributed by atoms with Gasteiger partial charge in [0.25, 0.3) is 5.56 Å². The maximum atomic E-state index is 12.6. The summed E-state index contributed by atoms with van der Waals surface area (Å²) >= 11 is 0. The second-order valence-corrected chi connectivity index (χ2v) is 5.14. The average molecular weight is 284 g/mol. The molecule has 0 saturated carbocycles. The lowest BCUT2D eigenvalue weighted by atomic mass is 10.0. The summed E-state index contributed by atoms with van der Waals surface area (Å²) in [7, 11) is 0. The van der Waals surface area contributed by atoms with E-state index in [1.807, 2.05) is 18.2 Å². The number of nitrogens with zero attached hydrogens (tertiary/aromatic N) is 2. The van der Waals surface area contributed by atoms with Crippen molar-refractivity contribution in [2.24, 2.45) is 0 Å². The quantitative estimate of drug-likeness (QED) is 0.596. The number of carbonyl (C=O) groups is 1. The molecule has 1 aromatic heterocycles. The van der Waals surface area contributed by atoms with E-state index in [1.54, 1.807) is 17.6 Å². The zero-order chi connectivity index (χ0) is 15.0. The number of ether oxygens (including phenoxy) is 1. The van der Waals surface area contributed by atoms with Crippen molar-refractivity contribution in [3.05, 3.63) is 46.2 Å². The van der Waals surface area contributed by atoms with Crippen LogP contribution >= 0.6 is 0 Å². The Hall–Kier alpha value is -2.43. The van der Waals surface area contributed by atoms with E-state index in [1.165, 1.54) is 6.92 Å². The molecule has 1 aliphatic heterocycles. The van der Waals surface area contributed by atoms with Crippen LogP contribution in [0.2, 0.25) is 0 Å². The molecule has 0 atom stereocenters. The van der Waals surface area contributed by atoms with Gasteiger partial charge in [-0.05, 0) is 31.9 Å². The van der Waals surface area contributed by atoms with Crippen LogP contribution in [-0.4, -0.2) is 15.5 Å². The summed E-state index contributed by atoms with van der Waals surface area (Å²) in [5.74, 6) is 0.780. The molecule has 0 N–H and O–H groups in total. The molecule has 108 valence electrons. The number of para-hydroxylation sites is 1. The predicted octanol–water partition coefficient (Wildman–Crippen LogP) is 2.48. The second-order valence-electron chi connectivity index (χ2n) is 5.14. The number of esters is 1. The van der Waals surface area contributed by atoms with Crippen molar-refractivity contribution in [2.75, 3.05) is 0 Å². The van der Waals surface area contributed by atoms with E-state index in [0.717, 1.165) is 18.4 Å². The Labute approximate surface area is 121 Å². The van der Waals surface area contributed by atoms with Crippen LogP contribution < -0.4 is 5.56 Å². The first kappa shape index (κ1) is 13.5. The van der Waals surface area contributed by atoms with Crippen LogP contribution in [0.15, 0.2) is 34.8 Å². The lowest BCUT2D eigenvalue weighted by Crippen LogP contribution is -2.28. The normalized spacial score (nSPS) is 16.5. The molecule has 21 heavy (non-hydrogen) atoms. The van der Waals surface area contributed by atoms with Crippen molar-refractivity contribution >= 4 is 22.4 Å². The summed E-state index contributed by atoms with van der Waals surface area (Å²) in [6.07, 6.45) is 1.59. The van der Waals surface area contributed by atoms with Crippen LogP contribution in [0, 0.1) is 0 Å². The van der Waals surface area contributed by atoms with Gasteiger partial charge in [0, 0.05) is 19.0 Å². The first-order chi connectivity index (χ1) is 10.1. The number of carbonyl (C=O) groups excluding carboxylic acids is 1. The van der Waals surface area contributed by atoms with Crippen LogP contribution in [-0.2, 0) is 16.1 Å². The first-order valence-corrected chi connectivity index (χ1v) is 6.96. The van der Waals surface area contributed by atoms with Gasteiger partial charge in [0.1, 0.15) is 11.6 Å². The Morgan fingerprint density at radius 3 is 2.81 bits per heavy atom. The summed E-state index contributed by atoms with van der Waals surface area (Å²) in [5.41, 5.74) is 1.46. The minimum atomic E-state index is -0.361. The fourth-order valence-corrected chi connectivity index (χ4v) is 2.74. The Morgan fingerprint density at radius 2 is 2.05 bits per heavy atom. The highest BCUT2D eigenvalue weighted by atomic mass is 16.5. The fourth-order valence-electron chi connectivity index (χ4n) is 2.74. The van der Waals surface area contributed by atoms with Gasteiger partial charge in [-0.2, -0.15) is 0 Å². The van der Waals surface area contributed by atoms with Gasteiger partial charge in [-0.3, -0.25) is 14.2 Å². The lowest BCUT2D eigenvalue weighted by molar-refractivity contribution is -0.136. The van der Waals surface area contributed by atoms with E-state index in [0.29, 0.717) is 29.0 Å². The van der Waals surface area contributed by atoms with Crippen molar-refractivity contribution in [2.45, 2.75) is 33.2 Å². The molecule has 2 heterocycles. The van der Waals surface area contributed by atoms with E-state index in [9.17, 15) is 9.59 Å². The lowest BCUT2D eigenvalue weighted by Gasteiger charge is -2.22. The van der Waals surface area contributed by atoms with Crippen molar-refractivity contribution in [1.82, 2.24) is 9.55 Å². The molecular formula is C16H16N2O3. The molecule has 0 amide bonds. The molecule has 0 bridgehead atoms. The highest BCUT2D eigenvalue weighted by Crippen LogP contribution is 2.28. The molecular weight excluding hydrogens is 268 g/mol. The van der Waals surface area contributed by atoms with Crippen LogP contribution in [0.4, 0.5) is 0 Å². The molecule has 0 saturated heterocycles. The van der Waals surface area contributed by atoms with Crippen molar-refractivity contribution in [3.63, 3.8) is 0 Å². The zero-order valence-corrected chi connectivity index (χ0v) is 12.0. The van der Waals surface area contributed by atoms with Crippen LogP contribution in [0.25, 0.3) is 16.5 Å². The van der Waals surface area contributed by atoms with Gasteiger partial charge in [-0.15, -0.1) is 0 Å². The summed E-state index contributed by atoms with van der Waals surface area (Å²) in [5, 5.41) is 0.618. The Balaban J connectivity index is 2.27. The number of aromatic nitrogens is 2. The van der Waals surface area contributed by atoms with E-state index in [4.69, 9.17) is 4.74 Å². The molecule has 1 aliphatic rings. The van der Waals surface area contributed by atoms with Gasteiger partial charge >= 0.3 is 5.97 Å². The maximum Gasteiger partial charge on any atom is 0.307 e. The minimum Gasteiger partial charge on any atom is -0.431 e. The fraction of sp³-hybridized carbons (Fsp3) is 0.312. The molecule has 0 fully saturated rings. The number of fused-ring (bicyclic) bond motifs is 2. The largest absolute Gasteiger partial charge is 0.431 e. The van der Waals surface area contributed by atoms with Gasteiger partial charge < -0.3 is 4.74 Å². The van der Waals surface area contributed by atoms with Gasteiger partial charge in [0.05, 0.1) is 10.9 Å². The number of hydrogen-bond acceptors (Lipinski definition) is 4. The topological polar surface area (TPSA) is 61.2 Å². The Morgan fingerprint density at radius 1 is 1.29 bits per heavy atom. The van der Waals surface area contributed by atoms with Crippen molar-refractivity contribution in [1.29, 1.82) is 0 Å². The third-order valence-electron chi connectivity index (χ3n) is 3.66. The predicted molar refractivity (Wildman–Crippen MR) is 79.6 cm³/mol. The minimum absolute atomic E-state index is 0.0385. The van der Waals surface area contributed by atoms with Crippen molar-refractivity contribution < 1.29 is 9.53 Å². The summed E-state index contributed by atoms with van der Waals surface area (Å²) in [4.78, 5) is 28.3. The van der Waals surface area contributed by atoms with E-state index in [-0.39, 0.29) is 11.5 Å². The number of hydrogen-bond donors (Lipinski definition) is 0. The molecule has 0 unspecified atom stereocenters. The monoisotopic (exact) mass is 284 g/mol. The van der Waals surface area contributed by atoms with Crippen LogP contribution in [0.3, 0.4) is 0 Å². The zero-order valence-electron chi connectivity index (χ0n) is 12.0. The molecule has 5 nitrogen and oxygen atoms in total. The van der Waals surface area contributed by atoms with Gasteiger partial charge in [0.15, 0.2) is 0 Å². The molecule has 2 aromatic rings. The average Bonchev–Trinajstić information content (AvgIpc) is 2.46. The molecule has 0 radical (unpaired) electrons. The number of benzene rings is 1. The Kier molecular flexibility index (Phi) is 3.33. The van der Waals surface area contributed by atoms with Crippen LogP contribution in [0.5, 0.6) is 0 Å². The van der Waals surface area contributed by atoms with Gasteiger partial charge in [0.2, 0.25) is 0 Å². The third kappa shape index (κ3) is 2.35. The summed E-state index contributed by atoms with van der Waals surface area (Å²) < 4.78 is 6.86. The standard InChI is InChI=1S/C16H16N2O3/c1-10(21-11(2)19)12-7-5-9-18-15(12)17-14-8-4-3-6-13(14)16(18)20/h3-4,6,8H,5,7,9H2,1-2H3/b12-10+. The Bertz CT molecular complexity index is 818. The molecule has 0 aliphatic carbocycles. The SMILES string of the molecule is CC(=O)O/C(C)=C1\CCCn2c1nc1ccccc1c2=O. The molecule has 0 spiro atoms.